The standard InChI is InChI=1S/C18H26N2O3/c1-14-6-5-7-15(10-14)11-20(16-8-3-2-4-9-16)18(22)13-23-12-17(19)21/h5-7,10,16H,2-4,8-9,11-13H2,1H3,(H2,19,21). The van der Waals surface area contributed by atoms with Crippen LogP contribution in [0.4, 0.5) is 0 Å². The highest BCUT2D eigenvalue weighted by molar-refractivity contribution is 5.79. The van der Waals surface area contributed by atoms with E-state index in [-0.39, 0.29) is 25.2 Å². The molecule has 2 N–H and O–H groups in total. The minimum Gasteiger partial charge on any atom is -0.368 e. The number of rotatable bonds is 7. The molecule has 1 aliphatic rings. The Morgan fingerprint density at radius 3 is 2.61 bits per heavy atom. The lowest BCUT2D eigenvalue weighted by Crippen LogP contribution is -2.43. The van der Waals surface area contributed by atoms with Gasteiger partial charge in [0.1, 0.15) is 13.2 Å². The molecule has 0 aliphatic heterocycles. The van der Waals surface area contributed by atoms with Gasteiger partial charge in [0, 0.05) is 12.6 Å². The Bertz CT molecular complexity index is 539. The topological polar surface area (TPSA) is 72.6 Å². The van der Waals surface area contributed by atoms with Crippen molar-refractivity contribution in [1.29, 1.82) is 0 Å². The summed E-state index contributed by atoms with van der Waals surface area (Å²) >= 11 is 0. The number of benzene rings is 1. The van der Waals surface area contributed by atoms with Gasteiger partial charge in [-0.3, -0.25) is 9.59 Å². The van der Waals surface area contributed by atoms with Crippen LogP contribution < -0.4 is 5.73 Å². The van der Waals surface area contributed by atoms with Gasteiger partial charge in [-0.1, -0.05) is 49.1 Å². The maximum atomic E-state index is 12.6. The van der Waals surface area contributed by atoms with Crippen molar-refractivity contribution in [3.8, 4) is 0 Å². The number of nitrogens with two attached hydrogens (primary N) is 1. The summed E-state index contributed by atoms with van der Waals surface area (Å²) in [4.78, 5) is 25.2. The molecule has 0 aromatic heterocycles. The van der Waals surface area contributed by atoms with Gasteiger partial charge in [0.25, 0.3) is 0 Å². The molecule has 0 bridgehead atoms. The summed E-state index contributed by atoms with van der Waals surface area (Å²) in [7, 11) is 0. The first-order valence-electron chi connectivity index (χ1n) is 8.27. The number of nitrogens with zero attached hydrogens (tertiary/aromatic N) is 1. The van der Waals surface area contributed by atoms with E-state index in [0.717, 1.165) is 31.2 Å². The molecule has 0 heterocycles. The molecular formula is C18H26N2O3. The van der Waals surface area contributed by atoms with E-state index in [4.69, 9.17) is 10.5 Å². The number of aryl methyl sites for hydroxylation is 1. The number of hydrogen-bond acceptors (Lipinski definition) is 3. The van der Waals surface area contributed by atoms with Gasteiger partial charge < -0.3 is 15.4 Å². The molecule has 0 spiro atoms. The lowest BCUT2D eigenvalue weighted by molar-refractivity contribution is -0.141. The van der Waals surface area contributed by atoms with E-state index in [1.165, 1.54) is 12.0 Å². The van der Waals surface area contributed by atoms with E-state index in [9.17, 15) is 9.59 Å². The van der Waals surface area contributed by atoms with Crippen molar-refractivity contribution in [3.63, 3.8) is 0 Å². The third-order valence-corrected chi connectivity index (χ3v) is 4.24. The van der Waals surface area contributed by atoms with Crippen LogP contribution in [0.25, 0.3) is 0 Å². The van der Waals surface area contributed by atoms with Crippen molar-refractivity contribution >= 4 is 11.8 Å². The van der Waals surface area contributed by atoms with E-state index < -0.39 is 5.91 Å². The Balaban J connectivity index is 2.04. The lowest BCUT2D eigenvalue weighted by atomic mass is 9.93. The molecule has 0 saturated heterocycles. The normalized spacial score (nSPS) is 15.3. The maximum absolute atomic E-state index is 12.6. The lowest BCUT2D eigenvalue weighted by Gasteiger charge is -2.34. The minimum absolute atomic E-state index is 0.0698. The third-order valence-electron chi connectivity index (χ3n) is 4.24. The predicted molar refractivity (Wildman–Crippen MR) is 88.6 cm³/mol. The van der Waals surface area contributed by atoms with Gasteiger partial charge in [-0.2, -0.15) is 0 Å². The number of primary amides is 1. The predicted octanol–water partition coefficient (Wildman–Crippen LogP) is 2.16. The second kappa shape index (κ2) is 8.67. The highest BCUT2D eigenvalue weighted by Gasteiger charge is 2.25. The first-order chi connectivity index (χ1) is 11.1. The summed E-state index contributed by atoms with van der Waals surface area (Å²) in [6.45, 7) is 2.33. The Hall–Kier alpha value is -1.88. The van der Waals surface area contributed by atoms with Crippen LogP contribution in [0.15, 0.2) is 24.3 Å². The summed E-state index contributed by atoms with van der Waals surface area (Å²) in [5.74, 6) is -0.625. The summed E-state index contributed by atoms with van der Waals surface area (Å²) in [6, 6.07) is 8.46. The van der Waals surface area contributed by atoms with Gasteiger partial charge >= 0.3 is 0 Å². The van der Waals surface area contributed by atoms with E-state index >= 15 is 0 Å². The quantitative estimate of drug-likeness (QED) is 0.837. The number of carbonyl (C=O) groups is 2. The first-order valence-corrected chi connectivity index (χ1v) is 8.27. The van der Waals surface area contributed by atoms with Gasteiger partial charge in [0.05, 0.1) is 0 Å². The molecule has 1 fully saturated rings. The van der Waals surface area contributed by atoms with Gasteiger partial charge in [-0.15, -0.1) is 0 Å². The molecule has 2 rings (SSSR count). The zero-order valence-corrected chi connectivity index (χ0v) is 13.8. The molecule has 2 amide bonds. The molecule has 1 aromatic rings. The molecule has 0 radical (unpaired) electrons. The van der Waals surface area contributed by atoms with Crippen molar-refractivity contribution in [1.82, 2.24) is 4.90 Å². The van der Waals surface area contributed by atoms with Crippen LogP contribution in [0.2, 0.25) is 0 Å². The zero-order chi connectivity index (χ0) is 16.7. The number of amides is 2. The molecule has 0 atom stereocenters. The average molecular weight is 318 g/mol. The van der Waals surface area contributed by atoms with Crippen molar-refractivity contribution in [3.05, 3.63) is 35.4 Å². The molecular weight excluding hydrogens is 292 g/mol. The Kier molecular flexibility index (Phi) is 6.59. The van der Waals surface area contributed by atoms with Gasteiger partial charge in [0.2, 0.25) is 11.8 Å². The van der Waals surface area contributed by atoms with Crippen LogP contribution in [0.5, 0.6) is 0 Å². The molecule has 23 heavy (non-hydrogen) atoms. The van der Waals surface area contributed by atoms with Gasteiger partial charge in [-0.05, 0) is 25.3 Å². The van der Waals surface area contributed by atoms with Crippen LogP contribution in [0, 0.1) is 6.92 Å². The Morgan fingerprint density at radius 2 is 1.96 bits per heavy atom. The van der Waals surface area contributed by atoms with Crippen LogP contribution in [-0.4, -0.2) is 36.0 Å². The monoisotopic (exact) mass is 318 g/mol. The van der Waals surface area contributed by atoms with Gasteiger partial charge in [-0.25, -0.2) is 0 Å². The molecule has 1 aliphatic carbocycles. The second-order valence-electron chi connectivity index (χ2n) is 6.26. The molecule has 126 valence electrons. The average Bonchev–Trinajstić information content (AvgIpc) is 2.53. The second-order valence-corrected chi connectivity index (χ2v) is 6.26. The summed E-state index contributed by atoms with van der Waals surface area (Å²) in [5.41, 5.74) is 7.36. The fourth-order valence-electron chi connectivity index (χ4n) is 3.14. The smallest absolute Gasteiger partial charge is 0.249 e. The highest BCUT2D eigenvalue weighted by atomic mass is 16.5. The summed E-state index contributed by atoms with van der Waals surface area (Å²) in [5, 5.41) is 0. The van der Waals surface area contributed by atoms with Gasteiger partial charge in [0.15, 0.2) is 0 Å². The van der Waals surface area contributed by atoms with E-state index in [2.05, 4.69) is 6.07 Å². The molecule has 5 nitrogen and oxygen atoms in total. The fraction of sp³-hybridized carbons (Fsp3) is 0.556. The SMILES string of the molecule is Cc1cccc(CN(C(=O)COCC(N)=O)C2CCCCC2)c1. The summed E-state index contributed by atoms with van der Waals surface area (Å²) < 4.78 is 5.12. The number of hydrogen-bond donors (Lipinski definition) is 1. The highest BCUT2D eigenvalue weighted by Crippen LogP contribution is 2.24. The number of ether oxygens (including phenoxy) is 1. The fourth-order valence-corrected chi connectivity index (χ4v) is 3.14. The van der Waals surface area contributed by atoms with Crippen molar-refractivity contribution < 1.29 is 14.3 Å². The van der Waals surface area contributed by atoms with Crippen molar-refractivity contribution in [2.45, 2.75) is 51.6 Å². The van der Waals surface area contributed by atoms with Crippen LogP contribution in [0.3, 0.4) is 0 Å². The number of carbonyl (C=O) groups excluding carboxylic acids is 2. The molecule has 1 aromatic carbocycles. The van der Waals surface area contributed by atoms with Crippen LogP contribution in [0.1, 0.15) is 43.2 Å². The van der Waals surface area contributed by atoms with E-state index in [0.29, 0.717) is 6.54 Å². The Labute approximate surface area is 137 Å². The molecule has 1 saturated carbocycles. The summed E-state index contributed by atoms with van der Waals surface area (Å²) in [6.07, 6.45) is 5.62. The largest absolute Gasteiger partial charge is 0.368 e. The van der Waals surface area contributed by atoms with Crippen molar-refractivity contribution in [2.24, 2.45) is 5.73 Å². The molecule has 0 unspecified atom stereocenters. The van der Waals surface area contributed by atoms with Crippen molar-refractivity contribution in [2.75, 3.05) is 13.2 Å². The van der Waals surface area contributed by atoms with E-state index in [1.807, 2.05) is 30.0 Å². The Morgan fingerprint density at radius 1 is 1.22 bits per heavy atom. The molecule has 5 heteroatoms. The maximum Gasteiger partial charge on any atom is 0.249 e. The van der Waals surface area contributed by atoms with Crippen LogP contribution >= 0.6 is 0 Å². The van der Waals surface area contributed by atoms with E-state index in [1.54, 1.807) is 0 Å². The van der Waals surface area contributed by atoms with Crippen LogP contribution in [-0.2, 0) is 20.9 Å². The third kappa shape index (κ3) is 5.67. The minimum atomic E-state index is -0.555. The first kappa shape index (κ1) is 17.5. The zero-order valence-electron chi connectivity index (χ0n) is 13.8.